The molecular weight excluding hydrogens is 386 g/mol. The van der Waals surface area contributed by atoms with Crippen LogP contribution in [0.3, 0.4) is 0 Å². The molecule has 2 N–H and O–H groups in total. The number of hydrogen-bond donors (Lipinski definition) is 2. The molecule has 1 aliphatic rings. The van der Waals surface area contributed by atoms with E-state index in [0.717, 1.165) is 11.8 Å². The molecule has 28 heavy (non-hydrogen) atoms. The first-order chi connectivity index (χ1) is 13.1. The molecule has 154 valence electrons. The van der Waals surface area contributed by atoms with Crippen LogP contribution in [0.1, 0.15) is 36.2 Å². The van der Waals surface area contributed by atoms with Crippen LogP contribution < -0.4 is 14.9 Å². The largest absolute Gasteiger partial charge is 0.452 e. The van der Waals surface area contributed by atoms with E-state index in [1.54, 1.807) is 19.1 Å². The quantitative estimate of drug-likeness (QED) is 0.618. The molecular formula is C18H25N3O6S. The Morgan fingerprint density at radius 1 is 1.29 bits per heavy atom. The van der Waals surface area contributed by atoms with E-state index in [-0.39, 0.29) is 11.5 Å². The number of likely N-dealkylation sites (N-methyl/N-ethyl adjacent to an activating group) is 1. The van der Waals surface area contributed by atoms with Crippen molar-refractivity contribution < 1.29 is 27.5 Å². The van der Waals surface area contributed by atoms with E-state index in [2.05, 4.69) is 10.6 Å². The lowest BCUT2D eigenvalue weighted by atomic mass is 10.0. The Morgan fingerprint density at radius 3 is 2.64 bits per heavy atom. The number of anilines is 1. The van der Waals surface area contributed by atoms with E-state index in [4.69, 9.17) is 4.74 Å². The van der Waals surface area contributed by atoms with Crippen molar-refractivity contribution in [2.24, 2.45) is 0 Å². The zero-order valence-corrected chi connectivity index (χ0v) is 17.0. The Kier molecular flexibility index (Phi) is 7.00. The smallest absolute Gasteiger partial charge is 0.338 e. The third-order valence-electron chi connectivity index (χ3n) is 4.25. The number of carbonyl (C=O) groups excluding carboxylic acids is 3. The van der Waals surface area contributed by atoms with E-state index in [1.807, 2.05) is 0 Å². The van der Waals surface area contributed by atoms with Crippen LogP contribution in [0.25, 0.3) is 0 Å². The zero-order valence-electron chi connectivity index (χ0n) is 16.1. The minimum Gasteiger partial charge on any atom is -0.452 e. The lowest BCUT2D eigenvalue weighted by Gasteiger charge is -2.29. The lowest BCUT2D eigenvalue weighted by Crippen LogP contribution is -2.46. The summed E-state index contributed by atoms with van der Waals surface area (Å²) < 4.78 is 30.1. The highest BCUT2D eigenvalue weighted by Gasteiger charge is 2.25. The van der Waals surface area contributed by atoms with Gasteiger partial charge in [-0.1, -0.05) is 0 Å². The molecule has 0 spiro atoms. The summed E-state index contributed by atoms with van der Waals surface area (Å²) in [5, 5.41) is 5.02. The molecule has 0 aliphatic carbocycles. The molecule has 1 aliphatic heterocycles. The average Bonchev–Trinajstić information content (AvgIpc) is 2.64. The Labute approximate surface area is 164 Å². The van der Waals surface area contributed by atoms with Crippen molar-refractivity contribution in [2.75, 3.05) is 30.3 Å². The predicted octanol–water partition coefficient (Wildman–Crippen LogP) is 0.196. The van der Waals surface area contributed by atoms with Crippen LogP contribution >= 0.6 is 0 Å². The molecule has 0 fully saturated rings. The molecule has 2 amide bonds. The molecule has 0 bridgehead atoms. The number of nitrogens with zero attached hydrogens (tertiary/aromatic N) is 1. The molecule has 10 heteroatoms. The first-order valence-corrected chi connectivity index (χ1v) is 10.8. The Balaban J connectivity index is 1.98. The van der Waals surface area contributed by atoms with Gasteiger partial charge in [0.15, 0.2) is 6.61 Å². The molecule has 0 saturated carbocycles. The molecule has 0 radical (unpaired) electrons. The van der Waals surface area contributed by atoms with Crippen LogP contribution in [0.15, 0.2) is 18.2 Å². The van der Waals surface area contributed by atoms with Crippen molar-refractivity contribution in [2.45, 2.75) is 32.7 Å². The molecule has 2 rings (SSSR count). The van der Waals surface area contributed by atoms with Gasteiger partial charge in [-0.3, -0.25) is 13.9 Å². The van der Waals surface area contributed by atoms with Crippen molar-refractivity contribution in [3.8, 4) is 0 Å². The first-order valence-electron chi connectivity index (χ1n) is 8.98. The van der Waals surface area contributed by atoms with Gasteiger partial charge in [0.1, 0.15) is 6.04 Å². The third kappa shape index (κ3) is 5.44. The Hall–Kier alpha value is -2.62. The van der Waals surface area contributed by atoms with Crippen LogP contribution in [0.2, 0.25) is 0 Å². The fraction of sp³-hybridized carbons (Fsp3) is 0.500. The number of hydrogen-bond acceptors (Lipinski definition) is 6. The van der Waals surface area contributed by atoms with Crippen molar-refractivity contribution in [3.05, 3.63) is 29.3 Å². The van der Waals surface area contributed by atoms with Crippen LogP contribution in [0.5, 0.6) is 0 Å². The van der Waals surface area contributed by atoms with E-state index in [0.29, 0.717) is 31.6 Å². The highest BCUT2D eigenvalue weighted by atomic mass is 32.2. The average molecular weight is 411 g/mol. The zero-order chi connectivity index (χ0) is 20.9. The molecule has 0 saturated heterocycles. The SMILES string of the molecule is CCNC(=O)[C@H](C)NC(=O)COC(=O)c1ccc2c(c1)CCCN2S(C)(=O)=O. The van der Waals surface area contributed by atoms with Gasteiger partial charge in [-0.2, -0.15) is 0 Å². The predicted molar refractivity (Wildman–Crippen MR) is 104 cm³/mol. The molecule has 1 aromatic carbocycles. The summed E-state index contributed by atoms with van der Waals surface area (Å²) in [6.45, 7) is 3.63. The summed E-state index contributed by atoms with van der Waals surface area (Å²) >= 11 is 0. The number of nitrogens with one attached hydrogen (secondary N) is 2. The van der Waals surface area contributed by atoms with E-state index in [1.165, 1.54) is 17.3 Å². The van der Waals surface area contributed by atoms with Gasteiger partial charge in [-0.05, 0) is 50.5 Å². The molecule has 1 atom stereocenters. The second-order valence-electron chi connectivity index (χ2n) is 6.54. The maximum atomic E-state index is 12.2. The highest BCUT2D eigenvalue weighted by Crippen LogP contribution is 2.30. The number of ether oxygens (including phenoxy) is 1. The minimum atomic E-state index is -3.39. The molecule has 1 aromatic rings. The maximum absolute atomic E-state index is 12.2. The van der Waals surface area contributed by atoms with Crippen LogP contribution in [-0.4, -0.2) is 58.2 Å². The first kappa shape index (κ1) is 21.7. The van der Waals surface area contributed by atoms with E-state index in [9.17, 15) is 22.8 Å². The van der Waals surface area contributed by atoms with Gasteiger partial charge in [0, 0.05) is 13.1 Å². The van der Waals surface area contributed by atoms with Gasteiger partial charge < -0.3 is 15.4 Å². The lowest BCUT2D eigenvalue weighted by molar-refractivity contribution is -0.130. The Morgan fingerprint density at radius 2 is 2.00 bits per heavy atom. The highest BCUT2D eigenvalue weighted by molar-refractivity contribution is 7.92. The number of sulfonamides is 1. The number of aryl methyl sites for hydroxylation is 1. The second-order valence-corrected chi connectivity index (χ2v) is 8.45. The van der Waals surface area contributed by atoms with Gasteiger partial charge in [-0.25, -0.2) is 13.2 Å². The number of carbonyl (C=O) groups is 3. The monoisotopic (exact) mass is 411 g/mol. The molecule has 1 heterocycles. The summed E-state index contributed by atoms with van der Waals surface area (Å²) in [4.78, 5) is 35.7. The topological polar surface area (TPSA) is 122 Å². The van der Waals surface area contributed by atoms with Gasteiger partial charge >= 0.3 is 5.97 Å². The summed E-state index contributed by atoms with van der Waals surface area (Å²) in [6, 6.07) is 3.89. The number of esters is 1. The van der Waals surface area contributed by atoms with Gasteiger partial charge in [-0.15, -0.1) is 0 Å². The standard InChI is InChI=1S/C18H25N3O6S/c1-4-19-17(23)12(2)20-16(22)11-27-18(24)14-7-8-15-13(10-14)6-5-9-21(15)28(3,25)26/h7-8,10,12H,4-6,9,11H2,1-3H3,(H,19,23)(H,20,22)/t12-/m0/s1. The second kappa shape index (κ2) is 9.05. The number of fused-ring (bicyclic) bond motifs is 1. The molecule has 0 unspecified atom stereocenters. The third-order valence-corrected chi connectivity index (χ3v) is 5.43. The number of benzene rings is 1. The van der Waals surface area contributed by atoms with Crippen molar-refractivity contribution in [1.82, 2.24) is 10.6 Å². The van der Waals surface area contributed by atoms with E-state index < -0.39 is 34.5 Å². The van der Waals surface area contributed by atoms with Gasteiger partial charge in [0.2, 0.25) is 15.9 Å². The maximum Gasteiger partial charge on any atom is 0.338 e. The van der Waals surface area contributed by atoms with Crippen molar-refractivity contribution in [1.29, 1.82) is 0 Å². The Bertz CT molecular complexity index is 868. The molecule has 9 nitrogen and oxygen atoms in total. The summed E-state index contributed by atoms with van der Waals surface area (Å²) in [5.74, 6) is -1.61. The van der Waals surface area contributed by atoms with Gasteiger partial charge in [0.25, 0.3) is 5.91 Å². The van der Waals surface area contributed by atoms with Crippen molar-refractivity contribution >= 4 is 33.5 Å². The summed E-state index contributed by atoms with van der Waals surface area (Å²) in [7, 11) is -3.39. The summed E-state index contributed by atoms with van der Waals surface area (Å²) in [5.41, 5.74) is 1.53. The van der Waals surface area contributed by atoms with Crippen molar-refractivity contribution in [3.63, 3.8) is 0 Å². The number of amides is 2. The fourth-order valence-corrected chi connectivity index (χ4v) is 3.92. The fourth-order valence-electron chi connectivity index (χ4n) is 2.92. The number of rotatable bonds is 7. The van der Waals surface area contributed by atoms with Crippen LogP contribution in [-0.2, 0) is 30.8 Å². The summed E-state index contributed by atoms with van der Waals surface area (Å²) in [6.07, 6.45) is 2.44. The van der Waals surface area contributed by atoms with E-state index >= 15 is 0 Å². The van der Waals surface area contributed by atoms with Crippen LogP contribution in [0, 0.1) is 0 Å². The van der Waals surface area contributed by atoms with Gasteiger partial charge in [0.05, 0.1) is 17.5 Å². The van der Waals surface area contributed by atoms with Crippen LogP contribution in [0.4, 0.5) is 5.69 Å². The molecule has 0 aromatic heterocycles. The normalized spacial score (nSPS) is 14.6. The minimum absolute atomic E-state index is 0.235.